The van der Waals surface area contributed by atoms with Gasteiger partial charge in [-0.3, -0.25) is 0 Å². The third kappa shape index (κ3) is 3.77. The zero-order valence-electron chi connectivity index (χ0n) is 11.6. The van der Waals surface area contributed by atoms with Crippen molar-refractivity contribution >= 4 is 23.3 Å². The first-order valence-corrected chi connectivity index (χ1v) is 7.11. The molecule has 0 atom stereocenters. The average Bonchev–Trinajstić information content (AvgIpc) is 2.48. The molecule has 0 spiro atoms. The van der Waals surface area contributed by atoms with Gasteiger partial charge in [0.05, 0.1) is 17.3 Å². The molecule has 1 aliphatic heterocycles. The number of nitrogens with zero attached hydrogens (tertiary/aromatic N) is 2. The third-order valence-corrected chi connectivity index (χ3v) is 3.66. The monoisotopic (exact) mass is 297 g/mol. The molecule has 110 valence electrons. The summed E-state index contributed by atoms with van der Waals surface area (Å²) >= 11 is 6.19. The maximum Gasteiger partial charge on any atom is 0.317 e. The highest BCUT2D eigenvalue weighted by molar-refractivity contribution is 6.33. The Morgan fingerprint density at radius 1 is 1.30 bits per heavy atom. The number of carbonyl (C=O) groups excluding carboxylic acids is 1. The molecule has 20 heavy (non-hydrogen) atoms. The number of hydrogen-bond donors (Lipinski definition) is 1. The number of carbonyl (C=O) groups is 1. The van der Waals surface area contributed by atoms with Gasteiger partial charge in [-0.05, 0) is 12.1 Å². The minimum atomic E-state index is -0.0270. The molecule has 1 N–H and O–H groups in total. The maximum absolute atomic E-state index is 11.9. The molecule has 6 heteroatoms. The Hall–Kier alpha value is -1.46. The van der Waals surface area contributed by atoms with Gasteiger partial charge < -0.3 is 19.9 Å². The van der Waals surface area contributed by atoms with Gasteiger partial charge in [0, 0.05) is 39.8 Å². The summed E-state index contributed by atoms with van der Waals surface area (Å²) in [5, 5.41) is 3.59. The standard InChI is InChI=1S/C14H20ClN3O2/c1-20-11-6-16-14(19)18-9-7-17(8-10-18)13-5-3-2-4-12(13)15/h2-5H,6-11H2,1H3,(H,16,19). The Morgan fingerprint density at radius 3 is 2.65 bits per heavy atom. The maximum atomic E-state index is 11.9. The lowest BCUT2D eigenvalue weighted by atomic mass is 10.2. The van der Waals surface area contributed by atoms with E-state index >= 15 is 0 Å². The van der Waals surface area contributed by atoms with Gasteiger partial charge in [-0.1, -0.05) is 23.7 Å². The molecule has 5 nitrogen and oxygen atoms in total. The van der Waals surface area contributed by atoms with Crippen LogP contribution in [0.5, 0.6) is 0 Å². The summed E-state index contributed by atoms with van der Waals surface area (Å²) in [6, 6.07) is 7.77. The second-order valence-electron chi connectivity index (χ2n) is 4.65. The van der Waals surface area contributed by atoms with Gasteiger partial charge >= 0.3 is 6.03 Å². The number of amides is 2. The van der Waals surface area contributed by atoms with Crippen LogP contribution in [0.25, 0.3) is 0 Å². The molecule has 2 amide bonds. The van der Waals surface area contributed by atoms with E-state index in [1.165, 1.54) is 0 Å². The lowest BCUT2D eigenvalue weighted by molar-refractivity contribution is 0.177. The molecule has 1 saturated heterocycles. The number of nitrogens with one attached hydrogen (secondary N) is 1. The Balaban J connectivity index is 1.83. The number of para-hydroxylation sites is 1. The molecule has 0 aromatic heterocycles. The van der Waals surface area contributed by atoms with E-state index in [1.54, 1.807) is 7.11 Å². The molecule has 0 unspecified atom stereocenters. The van der Waals surface area contributed by atoms with E-state index in [1.807, 2.05) is 29.2 Å². The fourth-order valence-electron chi connectivity index (χ4n) is 2.23. The van der Waals surface area contributed by atoms with E-state index in [9.17, 15) is 4.79 Å². The second kappa shape index (κ2) is 7.36. The second-order valence-corrected chi connectivity index (χ2v) is 5.06. The molecule has 1 fully saturated rings. The van der Waals surface area contributed by atoms with E-state index in [2.05, 4.69) is 10.2 Å². The molecule has 1 heterocycles. The molecular weight excluding hydrogens is 278 g/mol. The van der Waals surface area contributed by atoms with E-state index in [0.717, 1.165) is 23.8 Å². The topological polar surface area (TPSA) is 44.8 Å². The molecule has 0 bridgehead atoms. The smallest absolute Gasteiger partial charge is 0.317 e. The van der Waals surface area contributed by atoms with Crippen LogP contribution in [0.2, 0.25) is 5.02 Å². The number of benzene rings is 1. The quantitative estimate of drug-likeness (QED) is 0.862. The summed E-state index contributed by atoms with van der Waals surface area (Å²) in [6.07, 6.45) is 0. The Morgan fingerprint density at radius 2 is 2.00 bits per heavy atom. The van der Waals surface area contributed by atoms with Crippen LogP contribution in [-0.2, 0) is 4.74 Å². The predicted octanol–water partition coefficient (Wildman–Crippen LogP) is 1.82. The van der Waals surface area contributed by atoms with Crippen LogP contribution in [-0.4, -0.2) is 57.4 Å². The van der Waals surface area contributed by atoms with Gasteiger partial charge in [-0.2, -0.15) is 0 Å². The van der Waals surface area contributed by atoms with Crippen LogP contribution >= 0.6 is 11.6 Å². The van der Waals surface area contributed by atoms with Crippen LogP contribution in [0.15, 0.2) is 24.3 Å². The van der Waals surface area contributed by atoms with E-state index in [4.69, 9.17) is 16.3 Å². The summed E-state index contributed by atoms with van der Waals surface area (Å²) in [7, 11) is 1.62. The van der Waals surface area contributed by atoms with Crippen LogP contribution in [0, 0.1) is 0 Å². The molecule has 0 aliphatic carbocycles. The molecule has 1 aliphatic rings. The van der Waals surface area contributed by atoms with Crippen molar-refractivity contribution in [2.45, 2.75) is 0 Å². The van der Waals surface area contributed by atoms with E-state index < -0.39 is 0 Å². The van der Waals surface area contributed by atoms with Gasteiger partial charge in [0.15, 0.2) is 0 Å². The molecule has 0 radical (unpaired) electrons. The molecule has 0 saturated carbocycles. The largest absolute Gasteiger partial charge is 0.383 e. The average molecular weight is 298 g/mol. The number of rotatable bonds is 4. The number of piperazine rings is 1. The molecule has 1 aromatic carbocycles. The zero-order valence-corrected chi connectivity index (χ0v) is 12.4. The van der Waals surface area contributed by atoms with Crippen molar-refractivity contribution in [3.63, 3.8) is 0 Å². The first kappa shape index (κ1) is 14.9. The summed E-state index contributed by atoms with van der Waals surface area (Å²) < 4.78 is 4.91. The fourth-order valence-corrected chi connectivity index (χ4v) is 2.49. The number of ether oxygens (including phenoxy) is 1. The number of hydrogen-bond acceptors (Lipinski definition) is 3. The molecular formula is C14H20ClN3O2. The van der Waals surface area contributed by atoms with Gasteiger partial charge in [0.1, 0.15) is 0 Å². The van der Waals surface area contributed by atoms with Crippen molar-refractivity contribution in [1.82, 2.24) is 10.2 Å². The number of anilines is 1. The first-order chi connectivity index (χ1) is 9.72. The molecule has 2 rings (SSSR count). The van der Waals surface area contributed by atoms with Crippen molar-refractivity contribution < 1.29 is 9.53 Å². The SMILES string of the molecule is COCCNC(=O)N1CCN(c2ccccc2Cl)CC1. The minimum Gasteiger partial charge on any atom is -0.383 e. The lowest BCUT2D eigenvalue weighted by Crippen LogP contribution is -2.52. The van der Waals surface area contributed by atoms with Gasteiger partial charge in [-0.15, -0.1) is 0 Å². The minimum absolute atomic E-state index is 0.0270. The molecule has 1 aromatic rings. The zero-order chi connectivity index (χ0) is 14.4. The van der Waals surface area contributed by atoms with Crippen molar-refractivity contribution in [2.24, 2.45) is 0 Å². The normalized spacial score (nSPS) is 15.3. The predicted molar refractivity (Wildman–Crippen MR) is 80.5 cm³/mol. The number of urea groups is 1. The van der Waals surface area contributed by atoms with Gasteiger partial charge in [-0.25, -0.2) is 4.79 Å². The van der Waals surface area contributed by atoms with Gasteiger partial charge in [0.25, 0.3) is 0 Å². The Labute approximate surface area is 124 Å². The van der Waals surface area contributed by atoms with Crippen molar-refractivity contribution in [1.29, 1.82) is 0 Å². The van der Waals surface area contributed by atoms with E-state index in [0.29, 0.717) is 26.2 Å². The fraction of sp³-hybridized carbons (Fsp3) is 0.500. The summed E-state index contributed by atoms with van der Waals surface area (Å²) in [4.78, 5) is 15.9. The van der Waals surface area contributed by atoms with Crippen molar-refractivity contribution in [3.05, 3.63) is 29.3 Å². The summed E-state index contributed by atoms with van der Waals surface area (Å²) in [5.41, 5.74) is 1.04. The number of methoxy groups -OCH3 is 1. The number of halogens is 1. The summed E-state index contributed by atoms with van der Waals surface area (Å²) in [6.45, 7) is 4.06. The Bertz CT molecular complexity index is 448. The van der Waals surface area contributed by atoms with Crippen molar-refractivity contribution in [2.75, 3.05) is 51.3 Å². The van der Waals surface area contributed by atoms with Gasteiger partial charge in [0.2, 0.25) is 0 Å². The highest BCUT2D eigenvalue weighted by atomic mass is 35.5. The first-order valence-electron chi connectivity index (χ1n) is 6.73. The van der Waals surface area contributed by atoms with Crippen molar-refractivity contribution in [3.8, 4) is 0 Å². The third-order valence-electron chi connectivity index (χ3n) is 3.34. The van der Waals surface area contributed by atoms with E-state index in [-0.39, 0.29) is 6.03 Å². The Kier molecular flexibility index (Phi) is 5.49. The highest BCUT2D eigenvalue weighted by Crippen LogP contribution is 2.25. The van der Waals surface area contributed by atoms with Crippen LogP contribution in [0.3, 0.4) is 0 Å². The highest BCUT2D eigenvalue weighted by Gasteiger charge is 2.21. The lowest BCUT2D eigenvalue weighted by Gasteiger charge is -2.36. The van der Waals surface area contributed by atoms with Crippen LogP contribution in [0.4, 0.5) is 10.5 Å². The van der Waals surface area contributed by atoms with Crippen LogP contribution < -0.4 is 10.2 Å². The van der Waals surface area contributed by atoms with Crippen LogP contribution in [0.1, 0.15) is 0 Å². The summed E-state index contributed by atoms with van der Waals surface area (Å²) in [5.74, 6) is 0.